The van der Waals surface area contributed by atoms with E-state index in [2.05, 4.69) is 59.8 Å². The number of carbonyl (C=O) groups is 4. The fraction of sp³-hybridized carbons (Fsp3) is 0.340. The number of hydrogen-bond acceptors (Lipinski definition) is 13. The Morgan fingerprint density at radius 2 is 1.34 bits per heavy atom. The summed E-state index contributed by atoms with van der Waals surface area (Å²) in [6, 6.07) is 33.4. The molecule has 5 aliphatic rings. The van der Waals surface area contributed by atoms with E-state index < -0.39 is 23.8 Å². The molecule has 7 heterocycles. The lowest BCUT2D eigenvalue weighted by Gasteiger charge is -2.44. The van der Waals surface area contributed by atoms with Crippen molar-refractivity contribution in [1.29, 1.82) is 0 Å². The summed E-state index contributed by atoms with van der Waals surface area (Å²) in [5, 5.41) is 10.9. The second-order valence-electron chi connectivity index (χ2n) is 18.1. The Labute approximate surface area is 398 Å². The number of imide groups is 2. The van der Waals surface area contributed by atoms with Gasteiger partial charge in [-0.2, -0.15) is 9.99 Å². The first-order valence-electron chi connectivity index (χ1n) is 23.5. The first kappa shape index (κ1) is 43.5. The van der Waals surface area contributed by atoms with Crippen molar-refractivity contribution in [1.82, 2.24) is 44.2 Å². The van der Waals surface area contributed by atoms with Crippen LogP contribution in [0, 0.1) is 5.92 Å². The van der Waals surface area contributed by atoms with Crippen molar-refractivity contribution in [3.63, 3.8) is 0 Å². The van der Waals surface area contributed by atoms with E-state index in [-0.39, 0.29) is 13.0 Å². The number of benzene rings is 4. The van der Waals surface area contributed by atoms with Crippen molar-refractivity contribution in [2.24, 2.45) is 5.92 Å². The van der Waals surface area contributed by atoms with Gasteiger partial charge < -0.3 is 25.3 Å². The number of piperazine rings is 1. The van der Waals surface area contributed by atoms with E-state index in [9.17, 15) is 19.2 Å². The summed E-state index contributed by atoms with van der Waals surface area (Å²) in [7, 11) is 0. The summed E-state index contributed by atoms with van der Waals surface area (Å²) in [5.41, 5.74) is 6.98. The van der Waals surface area contributed by atoms with E-state index >= 15 is 0 Å². The van der Waals surface area contributed by atoms with Gasteiger partial charge in [0, 0.05) is 106 Å². The molecule has 11 rings (SSSR count). The van der Waals surface area contributed by atoms with Gasteiger partial charge in [0.25, 0.3) is 11.8 Å². The number of nitrogens with zero attached hydrogens (tertiary/aromatic N) is 10. The fourth-order valence-electron chi connectivity index (χ4n) is 10.4. The molecule has 18 heteroatoms. The molecule has 348 valence electrons. The zero-order valence-corrected chi connectivity index (χ0v) is 38.3. The Bertz CT molecular complexity index is 2860. The van der Waals surface area contributed by atoms with Gasteiger partial charge in [0.15, 0.2) is 5.65 Å². The minimum atomic E-state index is -0.757. The molecule has 17 nitrogen and oxygen atoms in total. The number of urea groups is 1. The SMILES string of the molecule is O=C1CCN(N2C(=O)c3cccc(N4CCC(CN5CCN(C6CCN(c7ccc(Nc8nc(-c9ccccc9)c9nc(Nc%10ccccc%10)n(Cl)c9n8)cc7)CC6)CC5)CC4)c3C2=O)C(=O)N1. The van der Waals surface area contributed by atoms with Crippen molar-refractivity contribution in [2.45, 2.75) is 38.1 Å². The molecule has 4 fully saturated rings. The van der Waals surface area contributed by atoms with Crippen LogP contribution in [0.4, 0.5) is 39.4 Å². The van der Waals surface area contributed by atoms with Crippen LogP contribution in [0.2, 0.25) is 0 Å². The van der Waals surface area contributed by atoms with Crippen LogP contribution in [-0.4, -0.2) is 134 Å². The van der Waals surface area contributed by atoms with E-state index in [0.29, 0.717) is 51.8 Å². The highest BCUT2D eigenvalue weighted by atomic mass is 35.5. The summed E-state index contributed by atoms with van der Waals surface area (Å²) < 4.78 is 1.44. The van der Waals surface area contributed by atoms with Crippen LogP contribution in [0.5, 0.6) is 0 Å². The first-order valence-corrected chi connectivity index (χ1v) is 23.9. The molecule has 0 atom stereocenters. The molecule has 5 amide bonds. The standard InChI is InChI=1S/C50H52ClN13O4/c51-63-45-44(56-49(63)53-35-10-5-2-6-11-35)43(34-8-3-1-4-9-34)55-48(57-45)52-36-14-16-37(17-15-36)59-25-20-38(21-26-59)60-30-28-58(29-31-60)32-33-18-23-61(24-19-33)40-13-7-12-39-42(40)47(67)64(46(39)66)62-27-22-41(65)54-50(62)68/h1-17,33,38H,18-32H2,(H,53,56)(H,52,55,57)(H,54,65,68). The number of rotatable bonds is 11. The normalized spacial score (nSPS) is 19.0. The Morgan fingerprint density at radius 1 is 0.647 bits per heavy atom. The van der Waals surface area contributed by atoms with Gasteiger partial charge >= 0.3 is 6.03 Å². The highest BCUT2D eigenvalue weighted by Crippen LogP contribution is 2.36. The predicted octanol–water partition coefficient (Wildman–Crippen LogP) is 6.94. The van der Waals surface area contributed by atoms with E-state index in [0.717, 1.165) is 117 Å². The maximum Gasteiger partial charge on any atom is 0.343 e. The molecule has 0 bridgehead atoms. The largest absolute Gasteiger partial charge is 0.371 e. The maximum atomic E-state index is 13.7. The number of anilines is 6. The highest BCUT2D eigenvalue weighted by molar-refractivity contribution is 6.24. The third-order valence-electron chi connectivity index (χ3n) is 14.0. The number of fused-ring (bicyclic) bond motifs is 2. The number of hydrazine groups is 1. The summed E-state index contributed by atoms with van der Waals surface area (Å²) >= 11 is 6.85. The molecule has 2 aromatic heterocycles. The van der Waals surface area contributed by atoms with Crippen molar-refractivity contribution >= 4 is 81.3 Å². The average Bonchev–Trinajstić information content (AvgIpc) is 3.82. The fourth-order valence-corrected chi connectivity index (χ4v) is 10.6. The van der Waals surface area contributed by atoms with Gasteiger partial charge in [0.2, 0.25) is 17.8 Å². The van der Waals surface area contributed by atoms with Crippen molar-refractivity contribution < 1.29 is 19.2 Å². The molecule has 0 radical (unpaired) electrons. The van der Waals surface area contributed by atoms with E-state index in [1.165, 1.54) is 9.77 Å². The van der Waals surface area contributed by atoms with Gasteiger partial charge in [-0.25, -0.2) is 23.9 Å². The Kier molecular flexibility index (Phi) is 11.9. The number of imidazole rings is 1. The summed E-state index contributed by atoms with van der Waals surface area (Å²) in [4.78, 5) is 75.8. The van der Waals surface area contributed by atoms with E-state index in [1.807, 2.05) is 66.7 Å². The van der Waals surface area contributed by atoms with Crippen molar-refractivity contribution in [3.8, 4) is 11.3 Å². The maximum absolute atomic E-state index is 13.7. The number of piperidine rings is 2. The van der Waals surface area contributed by atoms with E-state index in [1.54, 1.807) is 12.1 Å². The third kappa shape index (κ3) is 8.56. The number of halogens is 1. The van der Waals surface area contributed by atoms with Crippen LogP contribution < -0.4 is 25.8 Å². The van der Waals surface area contributed by atoms with Crippen LogP contribution in [0.1, 0.15) is 52.8 Å². The van der Waals surface area contributed by atoms with Crippen molar-refractivity contribution in [2.75, 3.05) is 85.9 Å². The summed E-state index contributed by atoms with van der Waals surface area (Å²) in [6.07, 6.45) is 4.27. The monoisotopic (exact) mass is 933 g/mol. The second kappa shape index (κ2) is 18.5. The van der Waals surface area contributed by atoms with Crippen LogP contribution in [0.25, 0.3) is 22.4 Å². The smallest absolute Gasteiger partial charge is 0.343 e. The summed E-state index contributed by atoms with van der Waals surface area (Å²) in [6.45, 7) is 8.90. The number of carbonyl (C=O) groups excluding carboxylic acids is 4. The Morgan fingerprint density at radius 3 is 2.06 bits per heavy atom. The molecule has 5 aliphatic heterocycles. The summed E-state index contributed by atoms with van der Waals surface area (Å²) in [5.74, 6) is -0.0484. The van der Waals surface area contributed by atoms with Gasteiger partial charge in [0.05, 0.1) is 23.4 Å². The van der Waals surface area contributed by atoms with Gasteiger partial charge in [-0.3, -0.25) is 24.6 Å². The van der Waals surface area contributed by atoms with Crippen LogP contribution in [-0.2, 0) is 4.79 Å². The van der Waals surface area contributed by atoms with Crippen LogP contribution in [0.15, 0.2) is 103 Å². The molecule has 4 saturated heterocycles. The highest BCUT2D eigenvalue weighted by Gasteiger charge is 2.45. The van der Waals surface area contributed by atoms with E-state index in [4.69, 9.17) is 26.7 Å². The number of amides is 5. The number of aromatic nitrogens is 4. The molecule has 4 aromatic carbocycles. The lowest BCUT2D eigenvalue weighted by atomic mass is 9.94. The number of nitrogens with one attached hydrogen (secondary N) is 3. The lowest BCUT2D eigenvalue weighted by Crippen LogP contribution is -2.58. The van der Waals surface area contributed by atoms with Crippen LogP contribution in [0.3, 0.4) is 0 Å². The van der Waals surface area contributed by atoms with Gasteiger partial charge in [-0.05, 0) is 80.1 Å². The lowest BCUT2D eigenvalue weighted by molar-refractivity contribution is -0.122. The zero-order valence-electron chi connectivity index (χ0n) is 37.6. The Hall–Kier alpha value is -7.08. The molecule has 68 heavy (non-hydrogen) atoms. The number of hydrogen-bond donors (Lipinski definition) is 3. The van der Waals surface area contributed by atoms with Gasteiger partial charge in [-0.1, -0.05) is 54.6 Å². The minimum absolute atomic E-state index is 0.0202. The second-order valence-corrected chi connectivity index (χ2v) is 18.5. The topological polar surface area (TPSA) is 167 Å². The molecule has 0 unspecified atom stereocenters. The minimum Gasteiger partial charge on any atom is -0.371 e. The molecule has 3 N–H and O–H groups in total. The van der Waals surface area contributed by atoms with Gasteiger partial charge in [0.1, 0.15) is 11.2 Å². The quantitative estimate of drug-likeness (QED) is 0.115. The first-order chi connectivity index (χ1) is 33.2. The average molecular weight is 935 g/mol. The molecule has 0 saturated carbocycles. The predicted molar refractivity (Wildman–Crippen MR) is 261 cm³/mol. The molecule has 0 aliphatic carbocycles. The van der Waals surface area contributed by atoms with Gasteiger partial charge in [-0.15, -0.1) is 0 Å². The molecule has 0 spiro atoms. The van der Waals surface area contributed by atoms with Crippen molar-refractivity contribution in [3.05, 3.63) is 114 Å². The number of para-hydroxylation sites is 1. The Balaban J connectivity index is 0.655. The zero-order chi connectivity index (χ0) is 46.3. The molecule has 6 aromatic rings. The van der Waals surface area contributed by atoms with Crippen LogP contribution >= 0.6 is 11.8 Å². The molecular weight excluding hydrogens is 882 g/mol. The third-order valence-corrected chi connectivity index (χ3v) is 14.3. The molecular formula is C50H52ClN13O4.